The minimum absolute atomic E-state index is 0.0688. The summed E-state index contributed by atoms with van der Waals surface area (Å²) in [7, 11) is 0. The van der Waals surface area contributed by atoms with Crippen LogP contribution < -0.4 is 10.1 Å². The van der Waals surface area contributed by atoms with Crippen molar-refractivity contribution in [3.8, 4) is 5.75 Å². The molecule has 0 aliphatic heterocycles. The third kappa shape index (κ3) is 5.53. The van der Waals surface area contributed by atoms with Crippen LogP contribution in [0.2, 0.25) is 10.0 Å². The molecule has 0 unspecified atom stereocenters. The lowest BCUT2D eigenvalue weighted by Crippen LogP contribution is -2.12. The van der Waals surface area contributed by atoms with Crippen LogP contribution in [0.4, 0.5) is 11.4 Å². The average molecular weight is 529 g/mol. The van der Waals surface area contributed by atoms with Gasteiger partial charge in [0.2, 0.25) is 0 Å². The fourth-order valence-corrected chi connectivity index (χ4v) is 4.10. The predicted octanol–water partition coefficient (Wildman–Crippen LogP) is 6.50. The van der Waals surface area contributed by atoms with Crippen LogP contribution in [-0.2, 0) is 13.2 Å². The zero-order chi connectivity index (χ0) is 26.0. The molecular weight excluding hydrogens is 507 g/mol. The summed E-state index contributed by atoms with van der Waals surface area (Å²) in [5.41, 5.74) is 3.39. The van der Waals surface area contributed by atoms with E-state index in [2.05, 4.69) is 10.4 Å². The highest BCUT2D eigenvalue weighted by Gasteiger charge is 2.20. The highest BCUT2D eigenvalue weighted by atomic mass is 35.5. The Labute approximate surface area is 216 Å². The van der Waals surface area contributed by atoms with E-state index in [0.29, 0.717) is 33.7 Å². The van der Waals surface area contributed by atoms with Gasteiger partial charge < -0.3 is 14.5 Å². The summed E-state index contributed by atoms with van der Waals surface area (Å²) in [5, 5.41) is 19.7. The smallest absolute Gasteiger partial charge is 0.311 e. The summed E-state index contributed by atoms with van der Waals surface area (Å²) in [4.78, 5) is 23.6. The van der Waals surface area contributed by atoms with Crippen molar-refractivity contribution in [1.82, 2.24) is 9.78 Å². The molecule has 36 heavy (non-hydrogen) atoms. The first kappa shape index (κ1) is 25.3. The quantitative estimate of drug-likeness (QED) is 0.206. The summed E-state index contributed by atoms with van der Waals surface area (Å²) < 4.78 is 12.9. The van der Waals surface area contributed by atoms with Crippen LogP contribution in [0.5, 0.6) is 5.75 Å². The number of nitrogens with zero attached hydrogens (tertiary/aromatic N) is 3. The van der Waals surface area contributed by atoms with Gasteiger partial charge in [-0.3, -0.25) is 19.6 Å². The van der Waals surface area contributed by atoms with E-state index in [9.17, 15) is 14.9 Å². The van der Waals surface area contributed by atoms with Gasteiger partial charge in [0.25, 0.3) is 5.91 Å². The first-order chi connectivity index (χ1) is 17.1. The third-order valence-corrected chi connectivity index (χ3v) is 6.11. The molecule has 2 aromatic heterocycles. The van der Waals surface area contributed by atoms with E-state index >= 15 is 0 Å². The van der Waals surface area contributed by atoms with E-state index in [1.807, 2.05) is 13.0 Å². The molecule has 1 N–H and O–H groups in total. The Morgan fingerprint density at radius 1 is 1.14 bits per heavy atom. The maximum Gasteiger partial charge on any atom is 0.311 e. The second-order valence-corrected chi connectivity index (χ2v) is 9.02. The highest BCUT2D eigenvalue weighted by Crippen LogP contribution is 2.29. The van der Waals surface area contributed by atoms with Crippen molar-refractivity contribution in [1.29, 1.82) is 0 Å². The van der Waals surface area contributed by atoms with Gasteiger partial charge in [0, 0.05) is 16.1 Å². The number of furan rings is 1. The van der Waals surface area contributed by atoms with E-state index < -0.39 is 10.8 Å². The molecule has 0 saturated heterocycles. The number of nitrogens with one attached hydrogen (secondary N) is 1. The van der Waals surface area contributed by atoms with Crippen molar-refractivity contribution in [2.45, 2.75) is 33.9 Å². The van der Waals surface area contributed by atoms with Crippen molar-refractivity contribution in [2.24, 2.45) is 0 Å². The number of amides is 1. The van der Waals surface area contributed by atoms with Crippen LogP contribution in [0.15, 0.2) is 52.9 Å². The van der Waals surface area contributed by atoms with Gasteiger partial charge >= 0.3 is 5.69 Å². The summed E-state index contributed by atoms with van der Waals surface area (Å²) in [6.45, 7) is 5.73. The minimum atomic E-state index is -0.505. The standard InChI is InChI=1S/C25H22Cl2N4O5/c1-14-4-8-22(21(10-14)31(33)34)35-13-19-7-9-23(36-19)25(32)28-24-15(2)29-30(16(24)3)12-17-5-6-18(26)11-20(17)27/h4-11H,12-13H2,1-3H3,(H,28,32). The average Bonchev–Trinajstić information content (AvgIpc) is 3.40. The number of hydrogen-bond acceptors (Lipinski definition) is 6. The molecule has 0 atom stereocenters. The number of carbonyl (C=O) groups excluding carboxylic acids is 1. The number of aryl methyl sites for hydroxylation is 2. The largest absolute Gasteiger partial charge is 0.479 e. The molecule has 0 aliphatic rings. The minimum Gasteiger partial charge on any atom is -0.479 e. The van der Waals surface area contributed by atoms with Gasteiger partial charge in [-0.1, -0.05) is 35.3 Å². The lowest BCUT2D eigenvalue weighted by molar-refractivity contribution is -0.386. The zero-order valence-corrected chi connectivity index (χ0v) is 21.2. The van der Waals surface area contributed by atoms with Gasteiger partial charge in [-0.25, -0.2) is 0 Å². The Morgan fingerprint density at radius 2 is 1.92 bits per heavy atom. The van der Waals surface area contributed by atoms with Crippen molar-refractivity contribution in [3.63, 3.8) is 0 Å². The summed E-state index contributed by atoms with van der Waals surface area (Å²) in [5.74, 6) is 0.0705. The van der Waals surface area contributed by atoms with Gasteiger partial charge in [0.05, 0.1) is 28.5 Å². The summed E-state index contributed by atoms with van der Waals surface area (Å²) >= 11 is 12.3. The van der Waals surface area contributed by atoms with Gasteiger partial charge in [-0.05, 0) is 62.2 Å². The van der Waals surface area contributed by atoms with Crippen molar-refractivity contribution in [2.75, 3.05) is 5.32 Å². The fourth-order valence-electron chi connectivity index (χ4n) is 3.64. The molecule has 0 fully saturated rings. The number of halogens is 2. The number of rotatable bonds is 8. The number of hydrogen-bond donors (Lipinski definition) is 1. The zero-order valence-electron chi connectivity index (χ0n) is 19.7. The molecule has 186 valence electrons. The Morgan fingerprint density at radius 3 is 2.64 bits per heavy atom. The second-order valence-electron chi connectivity index (χ2n) is 8.18. The highest BCUT2D eigenvalue weighted by molar-refractivity contribution is 6.35. The normalized spacial score (nSPS) is 10.9. The molecule has 1 amide bonds. The maximum atomic E-state index is 12.8. The summed E-state index contributed by atoms with van der Waals surface area (Å²) in [6.07, 6.45) is 0. The van der Waals surface area contributed by atoms with E-state index in [0.717, 1.165) is 16.8 Å². The van der Waals surface area contributed by atoms with E-state index in [-0.39, 0.29) is 23.8 Å². The Balaban J connectivity index is 1.44. The van der Waals surface area contributed by atoms with Gasteiger partial charge in [-0.15, -0.1) is 0 Å². The first-order valence-electron chi connectivity index (χ1n) is 10.9. The lowest BCUT2D eigenvalue weighted by atomic mass is 10.2. The monoisotopic (exact) mass is 528 g/mol. The molecule has 0 aliphatic carbocycles. The first-order valence-corrected chi connectivity index (χ1v) is 11.6. The molecular formula is C25H22Cl2N4O5. The molecule has 11 heteroatoms. The molecule has 0 spiro atoms. The Bertz CT molecular complexity index is 1460. The van der Waals surface area contributed by atoms with Crippen molar-refractivity contribution >= 4 is 40.5 Å². The number of nitro benzene ring substituents is 1. The number of carbonyl (C=O) groups is 1. The second kappa shape index (κ2) is 10.4. The molecule has 0 saturated carbocycles. The van der Waals surface area contributed by atoms with Gasteiger partial charge in [0.1, 0.15) is 12.4 Å². The third-order valence-electron chi connectivity index (χ3n) is 5.52. The lowest BCUT2D eigenvalue weighted by Gasteiger charge is -2.08. The molecule has 2 heterocycles. The fraction of sp³-hybridized carbons (Fsp3) is 0.200. The van der Waals surface area contributed by atoms with Crippen molar-refractivity contribution in [3.05, 3.63) is 103 Å². The topological polar surface area (TPSA) is 112 Å². The number of benzene rings is 2. The number of nitro groups is 1. The van der Waals surface area contributed by atoms with Crippen LogP contribution in [0.1, 0.15) is 38.8 Å². The molecule has 9 nitrogen and oxygen atoms in total. The van der Waals surface area contributed by atoms with Crippen LogP contribution in [0.3, 0.4) is 0 Å². The molecule has 4 rings (SSSR count). The molecule has 0 radical (unpaired) electrons. The molecule has 0 bridgehead atoms. The Kier molecular flexibility index (Phi) is 7.32. The summed E-state index contributed by atoms with van der Waals surface area (Å²) in [6, 6.07) is 13.0. The van der Waals surface area contributed by atoms with Crippen LogP contribution in [0, 0.1) is 30.9 Å². The van der Waals surface area contributed by atoms with Crippen LogP contribution in [-0.4, -0.2) is 20.6 Å². The van der Waals surface area contributed by atoms with E-state index in [1.54, 1.807) is 42.8 Å². The predicted molar refractivity (Wildman–Crippen MR) is 136 cm³/mol. The number of ether oxygens (including phenoxy) is 1. The van der Waals surface area contributed by atoms with Gasteiger partial charge in [0.15, 0.2) is 11.5 Å². The molecule has 2 aromatic carbocycles. The number of anilines is 1. The Hall–Kier alpha value is -3.82. The van der Waals surface area contributed by atoms with Crippen LogP contribution in [0.25, 0.3) is 0 Å². The van der Waals surface area contributed by atoms with Crippen molar-refractivity contribution < 1.29 is 18.9 Å². The SMILES string of the molecule is Cc1ccc(OCc2ccc(C(=O)Nc3c(C)nn(Cc4ccc(Cl)cc4Cl)c3C)o2)c([N+](=O)[O-])c1. The van der Waals surface area contributed by atoms with E-state index in [4.69, 9.17) is 32.4 Å². The number of aromatic nitrogens is 2. The maximum absolute atomic E-state index is 12.8. The molecule has 4 aromatic rings. The van der Waals surface area contributed by atoms with Gasteiger partial charge in [-0.2, -0.15) is 5.10 Å². The van der Waals surface area contributed by atoms with Crippen LogP contribution >= 0.6 is 23.2 Å². The van der Waals surface area contributed by atoms with E-state index in [1.165, 1.54) is 18.2 Å².